The van der Waals surface area contributed by atoms with Crippen LogP contribution in [0.1, 0.15) is 41.5 Å². The lowest BCUT2D eigenvalue weighted by atomic mass is 9.84. The predicted octanol–water partition coefficient (Wildman–Crippen LogP) is 13.3. The van der Waals surface area contributed by atoms with Gasteiger partial charge >= 0.3 is 0 Å². The maximum absolute atomic E-state index is 2.46. The molecule has 226 valence electrons. The molecule has 2 aliphatic carbocycles. The van der Waals surface area contributed by atoms with E-state index in [0.717, 1.165) is 25.7 Å². The highest BCUT2D eigenvalue weighted by Gasteiger charge is 2.17. The minimum atomic E-state index is 1.05. The van der Waals surface area contributed by atoms with E-state index in [9.17, 15) is 0 Å². The molecule has 0 saturated heterocycles. The Bertz CT molecular complexity index is 2680. The van der Waals surface area contributed by atoms with Gasteiger partial charge in [0.05, 0.1) is 0 Å². The molecule has 0 aromatic heterocycles. The molecule has 0 spiro atoms. The summed E-state index contributed by atoms with van der Waals surface area (Å²) in [5, 5.41) is 13.4. The van der Waals surface area contributed by atoms with Gasteiger partial charge in [0.15, 0.2) is 0 Å². The van der Waals surface area contributed by atoms with E-state index < -0.39 is 0 Å². The smallest absolute Gasteiger partial charge is 0.00928 e. The van der Waals surface area contributed by atoms with Gasteiger partial charge in [-0.1, -0.05) is 140 Å². The molecule has 0 aliphatic heterocycles. The second-order valence-corrected chi connectivity index (χ2v) is 13.4. The van der Waals surface area contributed by atoms with Gasteiger partial charge in [-0.15, -0.1) is 0 Å². The number of fused-ring (bicyclic) bond motifs is 12. The first-order chi connectivity index (χ1) is 23.8. The summed E-state index contributed by atoms with van der Waals surface area (Å²) in [4.78, 5) is 0. The maximum Gasteiger partial charge on any atom is -0.00928 e. The van der Waals surface area contributed by atoms with Gasteiger partial charge in [-0.3, -0.25) is 0 Å². The Morgan fingerprint density at radius 1 is 0.375 bits per heavy atom. The fourth-order valence-electron chi connectivity index (χ4n) is 8.48. The molecule has 0 heterocycles. The topological polar surface area (TPSA) is 0 Å². The third kappa shape index (κ3) is 4.30. The minimum Gasteiger partial charge on any atom is -0.0836 e. The summed E-state index contributed by atoms with van der Waals surface area (Å²) in [6, 6.07) is 50.0. The normalized spacial score (nSPS) is 14.5. The first-order valence-electron chi connectivity index (χ1n) is 17.3. The second-order valence-electron chi connectivity index (χ2n) is 13.4. The van der Waals surface area contributed by atoms with Crippen LogP contribution in [0, 0.1) is 0 Å². The Kier molecular flexibility index (Phi) is 6.24. The number of aryl methyl sites for hydroxylation is 1. The summed E-state index contributed by atoms with van der Waals surface area (Å²) in [6.45, 7) is 0. The van der Waals surface area contributed by atoms with Crippen LogP contribution in [0.4, 0.5) is 0 Å². The molecule has 0 heteroatoms. The van der Waals surface area contributed by atoms with Gasteiger partial charge in [0.2, 0.25) is 0 Å². The minimum absolute atomic E-state index is 1.05. The largest absolute Gasteiger partial charge is 0.0836 e. The molecule has 10 rings (SSSR count). The average molecular weight is 611 g/mol. The number of hydrogen-bond donors (Lipinski definition) is 0. The van der Waals surface area contributed by atoms with Crippen molar-refractivity contribution in [3.8, 4) is 11.1 Å². The van der Waals surface area contributed by atoms with Gasteiger partial charge in [0, 0.05) is 0 Å². The molecule has 0 N–H and O–H groups in total. The molecular formula is C48H34. The van der Waals surface area contributed by atoms with Crippen molar-refractivity contribution in [3.05, 3.63) is 174 Å². The van der Waals surface area contributed by atoms with E-state index in [1.807, 2.05) is 0 Å². The van der Waals surface area contributed by atoms with Gasteiger partial charge in [0.25, 0.3) is 0 Å². The van der Waals surface area contributed by atoms with Gasteiger partial charge in [-0.2, -0.15) is 0 Å². The standard InChI is InChI=1S/C48H34/c1-3-19-41-37(15-1)39-17-5-7-21-43(39)47-29-35(23-25-45(41)47)33-13-9-11-31(27-33)32-12-10-14-34(28-32)36-24-26-46-42-20-4-2-16-38(42)40-18-6-8-22-44(40)48(46)30-36/h1-3,5-9,11-13,15-19,21-30H,4,10,14,20H2. The van der Waals surface area contributed by atoms with Crippen LogP contribution in [0.15, 0.2) is 152 Å². The van der Waals surface area contributed by atoms with E-state index in [0.29, 0.717) is 0 Å². The number of hydrogen-bond acceptors (Lipinski definition) is 0. The molecule has 0 nitrogen and oxygen atoms in total. The van der Waals surface area contributed by atoms with Crippen LogP contribution < -0.4 is 0 Å². The van der Waals surface area contributed by atoms with E-state index >= 15 is 0 Å². The Balaban J connectivity index is 1.05. The Hall–Kier alpha value is -5.72. The number of rotatable bonds is 3. The highest BCUT2D eigenvalue weighted by atomic mass is 14.2. The van der Waals surface area contributed by atoms with Gasteiger partial charge in [0.1, 0.15) is 0 Å². The summed E-state index contributed by atoms with van der Waals surface area (Å²) >= 11 is 0. The Morgan fingerprint density at radius 2 is 0.938 bits per heavy atom. The van der Waals surface area contributed by atoms with E-state index in [1.165, 1.54) is 98.4 Å². The molecule has 0 bridgehead atoms. The van der Waals surface area contributed by atoms with Crippen molar-refractivity contribution in [1.82, 2.24) is 0 Å². The van der Waals surface area contributed by atoms with Gasteiger partial charge < -0.3 is 0 Å². The monoisotopic (exact) mass is 610 g/mol. The molecule has 8 aromatic rings. The first-order valence-corrected chi connectivity index (χ1v) is 17.3. The quantitative estimate of drug-likeness (QED) is 0.175. The molecule has 0 radical (unpaired) electrons. The van der Waals surface area contributed by atoms with Crippen LogP contribution in [0.2, 0.25) is 0 Å². The van der Waals surface area contributed by atoms with Crippen molar-refractivity contribution < 1.29 is 0 Å². The summed E-state index contributed by atoms with van der Waals surface area (Å²) in [7, 11) is 0. The van der Waals surface area contributed by atoms with Crippen LogP contribution in [-0.2, 0) is 6.42 Å². The third-order valence-electron chi connectivity index (χ3n) is 10.8. The zero-order valence-electron chi connectivity index (χ0n) is 26.8. The molecule has 0 amide bonds. The summed E-state index contributed by atoms with van der Waals surface area (Å²) < 4.78 is 0. The van der Waals surface area contributed by atoms with Gasteiger partial charge in [-0.05, 0) is 142 Å². The summed E-state index contributed by atoms with van der Waals surface area (Å²) in [6.07, 6.45) is 13.9. The second kappa shape index (κ2) is 10.9. The van der Waals surface area contributed by atoms with Crippen LogP contribution in [0.25, 0.3) is 82.2 Å². The van der Waals surface area contributed by atoms with E-state index in [1.54, 1.807) is 0 Å². The first kappa shape index (κ1) is 27.4. The Labute approximate surface area is 281 Å². The van der Waals surface area contributed by atoms with Crippen molar-refractivity contribution in [2.75, 3.05) is 0 Å². The van der Waals surface area contributed by atoms with E-state index in [-0.39, 0.29) is 0 Å². The van der Waals surface area contributed by atoms with E-state index in [2.05, 4.69) is 158 Å². The SMILES string of the molecule is C1=Cc2c(c3ccc(C4=CC(c5cccc(-c6ccc7c8ccccc8c8ccccc8c7c6)c5)=CCC4)cc3c3ccccc23)CC1. The van der Waals surface area contributed by atoms with Crippen molar-refractivity contribution >= 4 is 71.1 Å². The van der Waals surface area contributed by atoms with Crippen molar-refractivity contribution in [1.29, 1.82) is 0 Å². The fourth-order valence-corrected chi connectivity index (χ4v) is 8.48. The molecule has 0 fully saturated rings. The highest BCUT2D eigenvalue weighted by molar-refractivity contribution is 6.25. The molecule has 2 aliphatic rings. The molecule has 0 atom stereocenters. The van der Waals surface area contributed by atoms with E-state index in [4.69, 9.17) is 0 Å². The number of allylic oxidation sites excluding steroid dienone is 5. The summed E-state index contributed by atoms with van der Waals surface area (Å²) in [5.74, 6) is 0. The molecule has 0 unspecified atom stereocenters. The van der Waals surface area contributed by atoms with Crippen molar-refractivity contribution in [3.63, 3.8) is 0 Å². The predicted molar refractivity (Wildman–Crippen MR) is 208 cm³/mol. The van der Waals surface area contributed by atoms with Crippen molar-refractivity contribution in [2.24, 2.45) is 0 Å². The molecular weight excluding hydrogens is 577 g/mol. The Morgan fingerprint density at radius 3 is 1.71 bits per heavy atom. The zero-order chi connectivity index (χ0) is 31.6. The molecule has 8 aromatic carbocycles. The lowest BCUT2D eigenvalue weighted by Crippen LogP contribution is -1.99. The maximum atomic E-state index is 2.46. The van der Waals surface area contributed by atoms with Crippen molar-refractivity contribution in [2.45, 2.75) is 25.7 Å². The van der Waals surface area contributed by atoms with Crippen LogP contribution in [0.5, 0.6) is 0 Å². The fraction of sp³-hybridized carbons (Fsp3) is 0.0833. The van der Waals surface area contributed by atoms with Crippen LogP contribution in [0.3, 0.4) is 0 Å². The van der Waals surface area contributed by atoms with Crippen LogP contribution in [-0.4, -0.2) is 0 Å². The summed E-state index contributed by atoms with van der Waals surface area (Å²) in [5.41, 5.74) is 10.8. The molecule has 0 saturated carbocycles. The third-order valence-corrected chi connectivity index (χ3v) is 10.8. The lowest BCUT2D eigenvalue weighted by Gasteiger charge is -2.20. The lowest BCUT2D eigenvalue weighted by molar-refractivity contribution is 1.00. The zero-order valence-corrected chi connectivity index (χ0v) is 26.8. The van der Waals surface area contributed by atoms with Crippen LogP contribution >= 0.6 is 0 Å². The highest BCUT2D eigenvalue weighted by Crippen LogP contribution is 2.41. The molecule has 48 heavy (non-hydrogen) atoms. The average Bonchev–Trinajstić information content (AvgIpc) is 3.18. The van der Waals surface area contributed by atoms with Gasteiger partial charge in [-0.25, -0.2) is 0 Å². The number of benzene rings is 8.